The van der Waals surface area contributed by atoms with Crippen LogP contribution in [-0.2, 0) is 0 Å². The second kappa shape index (κ2) is 3.41. The van der Waals surface area contributed by atoms with Gasteiger partial charge in [0.05, 0.1) is 6.34 Å². The summed E-state index contributed by atoms with van der Waals surface area (Å²) in [4.78, 5) is 13.9. The zero-order valence-corrected chi connectivity index (χ0v) is 7.88. The highest BCUT2D eigenvalue weighted by molar-refractivity contribution is 5.80. The SMILES string of the molecule is CN(C)C=Nc1noc2nccnc12. The van der Waals surface area contributed by atoms with E-state index in [1.807, 2.05) is 14.1 Å². The molecule has 0 atom stereocenters. The Labute approximate surface area is 80.3 Å². The van der Waals surface area contributed by atoms with E-state index < -0.39 is 0 Å². The number of aliphatic imine (C=N–C) groups is 1. The molecule has 0 saturated heterocycles. The number of rotatable bonds is 2. The van der Waals surface area contributed by atoms with Crippen LogP contribution in [0.2, 0.25) is 0 Å². The fourth-order valence-electron chi connectivity index (χ4n) is 0.930. The van der Waals surface area contributed by atoms with Crippen molar-refractivity contribution in [2.75, 3.05) is 14.1 Å². The van der Waals surface area contributed by atoms with Crippen LogP contribution in [0.15, 0.2) is 21.9 Å². The molecule has 0 N–H and O–H groups in total. The number of hydrogen-bond acceptors (Lipinski definition) is 5. The molecule has 0 bridgehead atoms. The van der Waals surface area contributed by atoms with Gasteiger partial charge < -0.3 is 9.42 Å². The minimum absolute atomic E-state index is 0.401. The Balaban J connectivity index is 2.43. The third-order valence-corrected chi connectivity index (χ3v) is 1.51. The Morgan fingerprint density at radius 1 is 1.36 bits per heavy atom. The highest BCUT2D eigenvalue weighted by Crippen LogP contribution is 2.19. The Bertz CT molecular complexity index is 461. The Kier molecular flexibility index (Phi) is 2.10. The molecular formula is C8H9N5O. The summed E-state index contributed by atoms with van der Waals surface area (Å²) in [5.74, 6) is 0.446. The summed E-state index contributed by atoms with van der Waals surface area (Å²) >= 11 is 0. The van der Waals surface area contributed by atoms with Crippen molar-refractivity contribution in [3.63, 3.8) is 0 Å². The molecule has 6 nitrogen and oxygen atoms in total. The van der Waals surface area contributed by atoms with Crippen molar-refractivity contribution in [2.24, 2.45) is 4.99 Å². The minimum Gasteiger partial charge on any atom is -0.369 e. The van der Waals surface area contributed by atoms with Gasteiger partial charge in [0.25, 0.3) is 5.71 Å². The lowest BCUT2D eigenvalue weighted by Gasteiger charge is -1.99. The summed E-state index contributed by atoms with van der Waals surface area (Å²) in [6, 6.07) is 0. The van der Waals surface area contributed by atoms with E-state index in [-0.39, 0.29) is 0 Å². The maximum absolute atomic E-state index is 4.93. The van der Waals surface area contributed by atoms with E-state index in [0.717, 1.165) is 0 Å². The first kappa shape index (κ1) is 8.61. The molecule has 0 spiro atoms. The Morgan fingerprint density at radius 3 is 2.93 bits per heavy atom. The molecule has 14 heavy (non-hydrogen) atoms. The third kappa shape index (κ3) is 1.54. The average Bonchev–Trinajstić information content (AvgIpc) is 2.58. The number of fused-ring (bicyclic) bond motifs is 1. The molecule has 0 aliphatic rings. The van der Waals surface area contributed by atoms with Crippen LogP contribution in [0.5, 0.6) is 0 Å². The summed E-state index contributed by atoms with van der Waals surface area (Å²) in [6.45, 7) is 0. The van der Waals surface area contributed by atoms with Gasteiger partial charge in [0, 0.05) is 26.5 Å². The standard InChI is InChI=1S/C8H9N5O/c1-13(2)5-11-7-6-8(14-12-7)10-4-3-9-6/h3-5H,1-2H3. The van der Waals surface area contributed by atoms with Gasteiger partial charge in [-0.25, -0.2) is 15.0 Å². The molecule has 0 aromatic carbocycles. The summed E-state index contributed by atoms with van der Waals surface area (Å²) in [7, 11) is 3.74. The average molecular weight is 191 g/mol. The van der Waals surface area contributed by atoms with Crippen molar-refractivity contribution in [1.29, 1.82) is 0 Å². The topological polar surface area (TPSA) is 67.4 Å². The van der Waals surface area contributed by atoms with Crippen molar-refractivity contribution in [3.05, 3.63) is 12.4 Å². The van der Waals surface area contributed by atoms with Crippen molar-refractivity contribution in [2.45, 2.75) is 0 Å². The van der Waals surface area contributed by atoms with E-state index >= 15 is 0 Å². The zero-order valence-electron chi connectivity index (χ0n) is 7.88. The highest BCUT2D eigenvalue weighted by Gasteiger charge is 2.07. The van der Waals surface area contributed by atoms with Gasteiger partial charge in [-0.15, -0.1) is 0 Å². The summed E-state index contributed by atoms with van der Waals surface area (Å²) in [6.07, 6.45) is 4.76. The van der Waals surface area contributed by atoms with Gasteiger partial charge in [-0.1, -0.05) is 5.16 Å². The minimum atomic E-state index is 0.401. The van der Waals surface area contributed by atoms with Crippen LogP contribution in [0.4, 0.5) is 5.82 Å². The van der Waals surface area contributed by atoms with E-state index in [9.17, 15) is 0 Å². The summed E-state index contributed by atoms with van der Waals surface area (Å²) in [5, 5.41) is 3.74. The summed E-state index contributed by atoms with van der Waals surface area (Å²) < 4.78 is 4.93. The quantitative estimate of drug-likeness (QED) is 0.519. The van der Waals surface area contributed by atoms with Crippen LogP contribution < -0.4 is 0 Å². The van der Waals surface area contributed by atoms with E-state index in [4.69, 9.17) is 4.52 Å². The highest BCUT2D eigenvalue weighted by atomic mass is 16.5. The molecule has 6 heteroatoms. The van der Waals surface area contributed by atoms with Crippen LogP contribution in [0, 0.1) is 0 Å². The first-order valence-corrected chi connectivity index (χ1v) is 4.04. The molecule has 72 valence electrons. The van der Waals surface area contributed by atoms with Gasteiger partial charge in [-0.2, -0.15) is 0 Å². The monoisotopic (exact) mass is 191 g/mol. The van der Waals surface area contributed by atoms with Crippen molar-refractivity contribution >= 4 is 23.4 Å². The molecular weight excluding hydrogens is 182 g/mol. The Hall–Kier alpha value is -1.98. The summed E-state index contributed by atoms with van der Waals surface area (Å²) in [5.41, 5.74) is 0.976. The Morgan fingerprint density at radius 2 is 2.14 bits per heavy atom. The molecule has 2 heterocycles. The van der Waals surface area contributed by atoms with Crippen molar-refractivity contribution < 1.29 is 4.52 Å². The zero-order chi connectivity index (χ0) is 9.97. The lowest BCUT2D eigenvalue weighted by atomic mass is 10.5. The molecule has 0 aliphatic heterocycles. The molecule has 0 unspecified atom stereocenters. The third-order valence-electron chi connectivity index (χ3n) is 1.51. The van der Waals surface area contributed by atoms with Gasteiger partial charge >= 0.3 is 0 Å². The first-order valence-electron chi connectivity index (χ1n) is 4.04. The lowest BCUT2D eigenvalue weighted by molar-refractivity contribution is 0.450. The van der Waals surface area contributed by atoms with Crippen molar-refractivity contribution in [1.82, 2.24) is 20.0 Å². The van der Waals surface area contributed by atoms with Crippen LogP contribution in [0.3, 0.4) is 0 Å². The van der Waals surface area contributed by atoms with E-state index in [0.29, 0.717) is 17.0 Å². The van der Waals surface area contributed by atoms with Crippen LogP contribution >= 0.6 is 0 Å². The number of aromatic nitrogens is 3. The molecule has 0 amide bonds. The fraction of sp³-hybridized carbons (Fsp3) is 0.250. The van der Waals surface area contributed by atoms with Gasteiger partial charge in [0.2, 0.25) is 5.82 Å². The molecule has 0 saturated carbocycles. The van der Waals surface area contributed by atoms with Gasteiger partial charge in [0.15, 0.2) is 5.52 Å². The van der Waals surface area contributed by atoms with Crippen LogP contribution in [0.1, 0.15) is 0 Å². The molecule has 2 aromatic rings. The predicted octanol–water partition coefficient (Wildman–Crippen LogP) is 0.839. The second-order valence-electron chi connectivity index (χ2n) is 2.92. The molecule has 0 aliphatic carbocycles. The van der Waals surface area contributed by atoms with E-state index in [1.54, 1.807) is 23.6 Å². The van der Waals surface area contributed by atoms with Crippen LogP contribution in [0.25, 0.3) is 11.2 Å². The van der Waals surface area contributed by atoms with Gasteiger partial charge in [-0.3, -0.25) is 0 Å². The number of hydrogen-bond donors (Lipinski definition) is 0. The molecule has 2 rings (SSSR count). The maximum Gasteiger partial charge on any atom is 0.278 e. The molecule has 0 fully saturated rings. The van der Waals surface area contributed by atoms with E-state index in [2.05, 4.69) is 20.1 Å². The predicted molar refractivity (Wildman–Crippen MR) is 51.4 cm³/mol. The fourth-order valence-corrected chi connectivity index (χ4v) is 0.930. The molecule has 0 radical (unpaired) electrons. The largest absolute Gasteiger partial charge is 0.369 e. The second-order valence-corrected chi connectivity index (χ2v) is 2.92. The van der Waals surface area contributed by atoms with Crippen LogP contribution in [-0.4, -0.2) is 40.5 Å². The van der Waals surface area contributed by atoms with Gasteiger partial charge in [0.1, 0.15) is 0 Å². The van der Waals surface area contributed by atoms with E-state index in [1.165, 1.54) is 0 Å². The smallest absolute Gasteiger partial charge is 0.278 e. The van der Waals surface area contributed by atoms with Crippen molar-refractivity contribution in [3.8, 4) is 0 Å². The van der Waals surface area contributed by atoms with Gasteiger partial charge in [-0.05, 0) is 0 Å². The maximum atomic E-state index is 4.93. The normalized spacial score (nSPS) is 11.3. The molecule has 2 aromatic heterocycles. The first-order chi connectivity index (χ1) is 6.77. The lowest BCUT2D eigenvalue weighted by Crippen LogP contribution is -2.06. The number of nitrogens with zero attached hydrogens (tertiary/aromatic N) is 5.